The SMILES string of the molecule is CC1(NC(=O)C2CC2)CCCCC1C(=O)O. The van der Waals surface area contributed by atoms with Gasteiger partial charge in [-0.25, -0.2) is 0 Å². The molecule has 2 rings (SSSR count). The van der Waals surface area contributed by atoms with Gasteiger partial charge in [-0.3, -0.25) is 9.59 Å². The molecule has 90 valence electrons. The number of hydrogen-bond acceptors (Lipinski definition) is 2. The van der Waals surface area contributed by atoms with Crippen LogP contribution in [0.25, 0.3) is 0 Å². The molecule has 0 aliphatic heterocycles. The van der Waals surface area contributed by atoms with Gasteiger partial charge in [-0.05, 0) is 32.6 Å². The van der Waals surface area contributed by atoms with Gasteiger partial charge in [-0.15, -0.1) is 0 Å². The molecule has 2 unspecified atom stereocenters. The number of amides is 1. The molecule has 2 atom stereocenters. The zero-order valence-corrected chi connectivity index (χ0v) is 9.66. The van der Waals surface area contributed by atoms with Crippen molar-refractivity contribution in [2.45, 2.75) is 51.0 Å². The molecule has 0 spiro atoms. The van der Waals surface area contributed by atoms with Crippen LogP contribution in [0.1, 0.15) is 45.4 Å². The topological polar surface area (TPSA) is 66.4 Å². The maximum absolute atomic E-state index is 11.7. The molecule has 0 aromatic carbocycles. The molecular formula is C12H19NO3. The molecular weight excluding hydrogens is 206 g/mol. The molecule has 2 N–H and O–H groups in total. The van der Waals surface area contributed by atoms with E-state index in [2.05, 4.69) is 5.32 Å². The average molecular weight is 225 g/mol. The number of carboxylic acid groups (broad SMARTS) is 1. The first-order chi connectivity index (χ1) is 7.53. The maximum atomic E-state index is 11.7. The molecule has 0 bridgehead atoms. The summed E-state index contributed by atoms with van der Waals surface area (Å²) in [5, 5.41) is 12.2. The average Bonchev–Trinajstić information content (AvgIpc) is 2.99. The third-order valence-corrected chi connectivity index (χ3v) is 3.86. The van der Waals surface area contributed by atoms with E-state index in [1.54, 1.807) is 0 Å². The lowest BCUT2D eigenvalue weighted by Crippen LogP contribution is -2.55. The van der Waals surface area contributed by atoms with Crippen molar-refractivity contribution in [3.63, 3.8) is 0 Å². The summed E-state index contributed by atoms with van der Waals surface area (Å²) < 4.78 is 0. The first-order valence-electron chi connectivity index (χ1n) is 6.08. The highest BCUT2D eigenvalue weighted by atomic mass is 16.4. The number of carboxylic acids is 1. The molecule has 2 fully saturated rings. The molecule has 4 heteroatoms. The van der Waals surface area contributed by atoms with Gasteiger partial charge in [0, 0.05) is 5.92 Å². The summed E-state index contributed by atoms with van der Waals surface area (Å²) in [4.78, 5) is 22.9. The Morgan fingerprint density at radius 3 is 2.50 bits per heavy atom. The van der Waals surface area contributed by atoms with E-state index in [-0.39, 0.29) is 11.8 Å². The normalized spacial score (nSPS) is 34.4. The third-order valence-electron chi connectivity index (χ3n) is 3.86. The zero-order valence-electron chi connectivity index (χ0n) is 9.66. The number of aliphatic carboxylic acids is 1. The van der Waals surface area contributed by atoms with E-state index in [0.717, 1.165) is 32.1 Å². The summed E-state index contributed by atoms with van der Waals surface area (Å²) in [6.45, 7) is 1.88. The second-order valence-corrected chi connectivity index (χ2v) is 5.32. The second-order valence-electron chi connectivity index (χ2n) is 5.32. The standard InChI is InChI=1S/C12H19NO3/c1-12(13-10(14)8-5-6-8)7-3-2-4-9(12)11(15)16/h8-9H,2-7H2,1H3,(H,13,14)(H,15,16). The summed E-state index contributed by atoms with van der Waals surface area (Å²) >= 11 is 0. The van der Waals surface area contributed by atoms with Crippen molar-refractivity contribution in [1.29, 1.82) is 0 Å². The Hall–Kier alpha value is -1.06. The van der Waals surface area contributed by atoms with Crippen LogP contribution in [0.3, 0.4) is 0 Å². The van der Waals surface area contributed by atoms with E-state index in [1.807, 2.05) is 6.92 Å². The number of nitrogens with one attached hydrogen (secondary N) is 1. The molecule has 16 heavy (non-hydrogen) atoms. The summed E-state index contributed by atoms with van der Waals surface area (Å²) in [5.74, 6) is -1.01. The smallest absolute Gasteiger partial charge is 0.308 e. The predicted molar refractivity (Wildman–Crippen MR) is 58.9 cm³/mol. The van der Waals surface area contributed by atoms with E-state index in [0.29, 0.717) is 6.42 Å². The van der Waals surface area contributed by atoms with Crippen LogP contribution in [0, 0.1) is 11.8 Å². The number of carbonyl (C=O) groups excluding carboxylic acids is 1. The zero-order chi connectivity index (χ0) is 11.8. The van der Waals surface area contributed by atoms with Crippen LogP contribution < -0.4 is 5.32 Å². The van der Waals surface area contributed by atoms with Crippen molar-refractivity contribution in [2.75, 3.05) is 0 Å². The molecule has 2 aliphatic rings. The monoisotopic (exact) mass is 225 g/mol. The fourth-order valence-corrected chi connectivity index (χ4v) is 2.61. The fourth-order valence-electron chi connectivity index (χ4n) is 2.61. The van der Waals surface area contributed by atoms with Crippen molar-refractivity contribution in [3.8, 4) is 0 Å². The van der Waals surface area contributed by atoms with E-state index < -0.39 is 17.4 Å². The largest absolute Gasteiger partial charge is 0.481 e. The van der Waals surface area contributed by atoms with Gasteiger partial charge < -0.3 is 10.4 Å². The minimum Gasteiger partial charge on any atom is -0.481 e. The van der Waals surface area contributed by atoms with Gasteiger partial charge in [0.15, 0.2) is 0 Å². The quantitative estimate of drug-likeness (QED) is 0.765. The molecule has 4 nitrogen and oxygen atoms in total. The Kier molecular flexibility index (Phi) is 2.91. The van der Waals surface area contributed by atoms with Crippen LogP contribution in [0.5, 0.6) is 0 Å². The van der Waals surface area contributed by atoms with Crippen molar-refractivity contribution < 1.29 is 14.7 Å². The summed E-state index contributed by atoms with van der Waals surface area (Å²) in [5.41, 5.74) is -0.538. The third kappa shape index (κ3) is 2.20. The predicted octanol–water partition coefficient (Wildman–Crippen LogP) is 1.55. The van der Waals surface area contributed by atoms with Gasteiger partial charge in [0.2, 0.25) is 5.91 Å². The van der Waals surface area contributed by atoms with Gasteiger partial charge in [0.25, 0.3) is 0 Å². The highest BCUT2D eigenvalue weighted by molar-refractivity contribution is 5.83. The first kappa shape index (κ1) is 11.4. The summed E-state index contributed by atoms with van der Waals surface area (Å²) in [6, 6.07) is 0. The Bertz CT molecular complexity index is 311. The Morgan fingerprint density at radius 2 is 1.94 bits per heavy atom. The first-order valence-corrected chi connectivity index (χ1v) is 6.08. The summed E-state index contributed by atoms with van der Waals surface area (Å²) in [7, 11) is 0. The maximum Gasteiger partial charge on any atom is 0.308 e. The van der Waals surface area contributed by atoms with Crippen molar-refractivity contribution in [3.05, 3.63) is 0 Å². The van der Waals surface area contributed by atoms with Gasteiger partial charge in [-0.2, -0.15) is 0 Å². The van der Waals surface area contributed by atoms with Gasteiger partial charge in [0.1, 0.15) is 0 Å². The Morgan fingerprint density at radius 1 is 1.25 bits per heavy atom. The van der Waals surface area contributed by atoms with E-state index in [1.165, 1.54) is 0 Å². The highest BCUT2D eigenvalue weighted by Crippen LogP contribution is 2.36. The van der Waals surface area contributed by atoms with E-state index in [4.69, 9.17) is 0 Å². The highest BCUT2D eigenvalue weighted by Gasteiger charge is 2.44. The lowest BCUT2D eigenvalue weighted by Gasteiger charge is -2.39. The molecule has 0 radical (unpaired) electrons. The van der Waals surface area contributed by atoms with E-state index in [9.17, 15) is 14.7 Å². The molecule has 2 aliphatic carbocycles. The van der Waals surface area contributed by atoms with Crippen LogP contribution in [0.2, 0.25) is 0 Å². The van der Waals surface area contributed by atoms with Crippen molar-refractivity contribution in [2.24, 2.45) is 11.8 Å². The Balaban J connectivity index is 2.05. The van der Waals surface area contributed by atoms with Crippen LogP contribution in [0.4, 0.5) is 0 Å². The molecule has 0 saturated heterocycles. The van der Waals surface area contributed by atoms with Crippen molar-refractivity contribution in [1.82, 2.24) is 5.32 Å². The fraction of sp³-hybridized carbons (Fsp3) is 0.833. The summed E-state index contributed by atoms with van der Waals surface area (Å²) in [6.07, 6.45) is 5.33. The number of carbonyl (C=O) groups is 2. The molecule has 0 aromatic heterocycles. The molecule has 0 heterocycles. The van der Waals surface area contributed by atoms with Crippen LogP contribution in [-0.4, -0.2) is 22.5 Å². The van der Waals surface area contributed by atoms with Crippen molar-refractivity contribution >= 4 is 11.9 Å². The van der Waals surface area contributed by atoms with Crippen LogP contribution in [-0.2, 0) is 9.59 Å². The minimum absolute atomic E-state index is 0.0515. The second kappa shape index (κ2) is 4.07. The van der Waals surface area contributed by atoms with Crippen LogP contribution >= 0.6 is 0 Å². The molecule has 0 aromatic rings. The lowest BCUT2D eigenvalue weighted by molar-refractivity contribution is -0.146. The number of hydrogen-bond donors (Lipinski definition) is 2. The lowest BCUT2D eigenvalue weighted by atomic mass is 9.74. The van der Waals surface area contributed by atoms with Gasteiger partial charge in [-0.1, -0.05) is 12.8 Å². The Labute approximate surface area is 95.4 Å². The number of rotatable bonds is 3. The molecule has 1 amide bonds. The minimum atomic E-state index is -0.779. The van der Waals surface area contributed by atoms with Gasteiger partial charge >= 0.3 is 5.97 Å². The van der Waals surface area contributed by atoms with Gasteiger partial charge in [0.05, 0.1) is 11.5 Å². The van der Waals surface area contributed by atoms with Crippen LogP contribution in [0.15, 0.2) is 0 Å². The molecule has 2 saturated carbocycles. The van der Waals surface area contributed by atoms with E-state index >= 15 is 0 Å².